The van der Waals surface area contributed by atoms with Gasteiger partial charge in [0, 0.05) is 18.2 Å². The second kappa shape index (κ2) is 7.46. The molecule has 1 spiro atoms. The number of rotatable bonds is 5. The molecule has 2 fully saturated rings. The first-order valence-corrected chi connectivity index (χ1v) is 11.1. The number of likely N-dealkylation sites (tertiary alicyclic amines) is 1. The Morgan fingerprint density at radius 2 is 1.81 bits per heavy atom. The second-order valence-corrected chi connectivity index (χ2v) is 8.96. The summed E-state index contributed by atoms with van der Waals surface area (Å²) in [6, 6.07) is 14.8. The van der Waals surface area contributed by atoms with Crippen molar-refractivity contribution in [2.24, 2.45) is 11.8 Å². The second-order valence-electron chi connectivity index (χ2n) is 8.55. The molecule has 2 N–H and O–H groups in total. The molecule has 3 aliphatic heterocycles. The van der Waals surface area contributed by atoms with Crippen molar-refractivity contribution < 1.29 is 14.4 Å². The molecule has 6 nitrogen and oxygen atoms in total. The van der Waals surface area contributed by atoms with Crippen molar-refractivity contribution in [2.75, 3.05) is 11.9 Å². The van der Waals surface area contributed by atoms with Crippen LogP contribution >= 0.6 is 11.6 Å². The predicted octanol–water partition coefficient (Wildman–Crippen LogP) is 3.10. The van der Waals surface area contributed by atoms with Crippen LogP contribution in [0, 0.1) is 11.8 Å². The molecular weight excluding hydrogens is 414 g/mol. The number of para-hydroxylation sites is 1. The topological polar surface area (TPSA) is 78.5 Å². The van der Waals surface area contributed by atoms with E-state index in [-0.39, 0.29) is 23.8 Å². The third-order valence-corrected chi connectivity index (χ3v) is 7.14. The van der Waals surface area contributed by atoms with E-state index < -0.39 is 17.4 Å². The quantitative estimate of drug-likeness (QED) is 0.704. The van der Waals surface area contributed by atoms with Crippen LogP contribution in [-0.2, 0) is 26.3 Å². The fourth-order valence-electron chi connectivity index (χ4n) is 5.43. The lowest BCUT2D eigenvalue weighted by Crippen LogP contribution is -2.53. The lowest BCUT2D eigenvalue weighted by atomic mass is 9.76. The highest BCUT2D eigenvalue weighted by atomic mass is 35.5. The number of hydrogen-bond donors (Lipinski definition) is 2. The summed E-state index contributed by atoms with van der Waals surface area (Å²) in [5.74, 6) is -2.16. The van der Waals surface area contributed by atoms with Gasteiger partial charge in [-0.15, -0.1) is 0 Å². The number of hydrogen-bond acceptors (Lipinski definition) is 4. The molecule has 31 heavy (non-hydrogen) atoms. The van der Waals surface area contributed by atoms with Gasteiger partial charge in [0.2, 0.25) is 17.7 Å². The number of carbonyl (C=O) groups excluding carboxylic acids is 3. The van der Waals surface area contributed by atoms with Gasteiger partial charge in [0.05, 0.1) is 22.5 Å². The zero-order chi connectivity index (χ0) is 21.8. The summed E-state index contributed by atoms with van der Waals surface area (Å²) in [5.41, 5.74) is 0.924. The molecule has 3 aliphatic rings. The third kappa shape index (κ3) is 2.85. The molecule has 2 saturated heterocycles. The van der Waals surface area contributed by atoms with E-state index in [1.807, 2.05) is 43.3 Å². The molecule has 0 radical (unpaired) electrons. The minimum absolute atomic E-state index is 0.183. The molecule has 5 rings (SSSR count). The number of halogens is 1. The Kier molecular flexibility index (Phi) is 4.87. The molecule has 2 aromatic rings. The van der Waals surface area contributed by atoms with Crippen LogP contribution in [0.2, 0.25) is 5.02 Å². The maximum Gasteiger partial charge on any atom is 0.250 e. The Morgan fingerprint density at radius 1 is 1.03 bits per heavy atom. The summed E-state index contributed by atoms with van der Waals surface area (Å²) in [4.78, 5) is 41.8. The lowest BCUT2D eigenvalue weighted by molar-refractivity contribution is -0.142. The highest BCUT2D eigenvalue weighted by Crippen LogP contribution is 2.54. The number of amides is 3. The van der Waals surface area contributed by atoms with Crippen LogP contribution in [0.25, 0.3) is 0 Å². The van der Waals surface area contributed by atoms with Gasteiger partial charge in [-0.1, -0.05) is 67.4 Å². The van der Waals surface area contributed by atoms with Gasteiger partial charge in [0.1, 0.15) is 5.54 Å². The van der Waals surface area contributed by atoms with Gasteiger partial charge in [-0.2, -0.15) is 0 Å². The zero-order valence-corrected chi connectivity index (χ0v) is 18.0. The number of imide groups is 1. The van der Waals surface area contributed by atoms with Crippen LogP contribution in [0.15, 0.2) is 48.5 Å². The smallest absolute Gasteiger partial charge is 0.250 e. The molecule has 0 aromatic heterocycles. The number of benzene rings is 2. The summed E-state index contributed by atoms with van der Waals surface area (Å²) < 4.78 is 0. The predicted molar refractivity (Wildman–Crippen MR) is 117 cm³/mol. The highest BCUT2D eigenvalue weighted by Gasteiger charge is 2.70. The van der Waals surface area contributed by atoms with Gasteiger partial charge < -0.3 is 5.32 Å². The average Bonchev–Trinajstić information content (AvgIpc) is 3.34. The van der Waals surface area contributed by atoms with Crippen LogP contribution in [0.1, 0.15) is 30.9 Å². The van der Waals surface area contributed by atoms with E-state index in [2.05, 4.69) is 10.6 Å². The highest BCUT2D eigenvalue weighted by molar-refractivity contribution is 6.35. The number of nitrogens with one attached hydrogen (secondary N) is 2. The summed E-state index contributed by atoms with van der Waals surface area (Å²) in [6.45, 7) is 2.41. The van der Waals surface area contributed by atoms with Crippen molar-refractivity contribution in [1.29, 1.82) is 0 Å². The zero-order valence-electron chi connectivity index (χ0n) is 17.2. The van der Waals surface area contributed by atoms with Crippen molar-refractivity contribution in [3.63, 3.8) is 0 Å². The first kappa shape index (κ1) is 20.2. The van der Waals surface area contributed by atoms with E-state index in [0.29, 0.717) is 29.2 Å². The van der Waals surface area contributed by atoms with E-state index in [9.17, 15) is 14.4 Å². The van der Waals surface area contributed by atoms with Gasteiger partial charge in [-0.25, -0.2) is 0 Å². The first-order valence-electron chi connectivity index (χ1n) is 10.8. The van der Waals surface area contributed by atoms with E-state index in [1.165, 1.54) is 4.90 Å². The minimum atomic E-state index is -1.29. The van der Waals surface area contributed by atoms with Crippen molar-refractivity contribution >= 4 is 35.0 Å². The molecule has 0 aliphatic carbocycles. The monoisotopic (exact) mass is 437 g/mol. The van der Waals surface area contributed by atoms with Gasteiger partial charge in [-0.3, -0.25) is 24.6 Å². The van der Waals surface area contributed by atoms with Gasteiger partial charge in [-0.05, 0) is 24.5 Å². The number of fused-ring (bicyclic) bond motifs is 4. The van der Waals surface area contributed by atoms with E-state index in [1.54, 1.807) is 12.1 Å². The van der Waals surface area contributed by atoms with Crippen molar-refractivity contribution in [3.05, 3.63) is 64.7 Å². The van der Waals surface area contributed by atoms with E-state index in [4.69, 9.17) is 11.6 Å². The summed E-state index contributed by atoms with van der Waals surface area (Å²) in [6.07, 6.45) is 2.17. The molecule has 0 saturated carbocycles. The van der Waals surface area contributed by atoms with E-state index >= 15 is 0 Å². The number of anilines is 1. The van der Waals surface area contributed by atoms with Crippen LogP contribution < -0.4 is 10.6 Å². The van der Waals surface area contributed by atoms with Crippen molar-refractivity contribution in [2.45, 2.75) is 37.8 Å². The number of unbranched alkanes of at least 4 members (excludes halogenated alkanes) is 1. The van der Waals surface area contributed by atoms with Crippen LogP contribution in [0.3, 0.4) is 0 Å². The first-order chi connectivity index (χ1) is 15.0. The normalized spacial score (nSPS) is 28.9. The molecule has 3 heterocycles. The summed E-state index contributed by atoms with van der Waals surface area (Å²) >= 11 is 6.36. The standard InChI is InChI=1S/C24H24ClN3O3/c1-2-3-12-28-21(29)18-17(13-14-8-5-4-6-9-14)27-24(19(18)22(28)30)15-10-7-11-16(25)20(15)26-23(24)31/h4-11,17-19,27H,2-3,12-13H2,1H3,(H,26,31)/t17-,18-,19+,24-/m1/s1. The Bertz CT molecular complexity index is 1070. The lowest BCUT2D eigenvalue weighted by Gasteiger charge is -2.29. The molecule has 0 unspecified atom stereocenters. The van der Waals surface area contributed by atoms with E-state index in [0.717, 1.165) is 18.4 Å². The van der Waals surface area contributed by atoms with Gasteiger partial charge >= 0.3 is 0 Å². The Balaban J connectivity index is 1.62. The molecule has 4 atom stereocenters. The number of carbonyl (C=O) groups is 3. The largest absolute Gasteiger partial charge is 0.323 e. The summed E-state index contributed by atoms with van der Waals surface area (Å²) in [5, 5.41) is 6.75. The fraction of sp³-hybridized carbons (Fsp3) is 0.375. The maximum atomic E-state index is 13.6. The summed E-state index contributed by atoms with van der Waals surface area (Å²) in [7, 11) is 0. The number of nitrogens with zero attached hydrogens (tertiary/aromatic N) is 1. The van der Waals surface area contributed by atoms with Crippen molar-refractivity contribution in [3.8, 4) is 0 Å². The average molecular weight is 438 g/mol. The Hall–Kier alpha value is -2.70. The molecule has 3 amide bonds. The third-order valence-electron chi connectivity index (χ3n) is 6.82. The van der Waals surface area contributed by atoms with Gasteiger partial charge in [0.15, 0.2) is 0 Å². The maximum absolute atomic E-state index is 13.6. The van der Waals surface area contributed by atoms with Crippen LogP contribution in [0.4, 0.5) is 5.69 Å². The molecule has 7 heteroatoms. The van der Waals surface area contributed by atoms with Crippen LogP contribution in [-0.4, -0.2) is 35.2 Å². The van der Waals surface area contributed by atoms with Gasteiger partial charge in [0.25, 0.3) is 0 Å². The Labute approximate surface area is 185 Å². The SMILES string of the molecule is CCCCN1C(=O)[C@H]2[C@@H](C1=O)[C@@]1(N[C@@H]2Cc2ccccc2)C(=O)Nc2c(Cl)cccc21. The minimum Gasteiger partial charge on any atom is -0.323 e. The van der Waals surface area contributed by atoms with Crippen LogP contribution in [0.5, 0.6) is 0 Å². The molecular formula is C24H24ClN3O3. The van der Waals surface area contributed by atoms with Crippen molar-refractivity contribution in [1.82, 2.24) is 10.2 Å². The molecule has 160 valence electrons. The fourth-order valence-corrected chi connectivity index (χ4v) is 5.65. The molecule has 0 bridgehead atoms. The Morgan fingerprint density at radius 3 is 2.55 bits per heavy atom. The molecule has 2 aromatic carbocycles.